The van der Waals surface area contributed by atoms with E-state index >= 15 is 0 Å². The number of hydrogen-bond donors (Lipinski definition) is 2. The lowest BCUT2D eigenvalue weighted by atomic mass is 9.96. The summed E-state index contributed by atoms with van der Waals surface area (Å²) < 4.78 is 89.6. The van der Waals surface area contributed by atoms with Crippen LogP contribution in [-0.2, 0) is 47.6 Å². The van der Waals surface area contributed by atoms with Gasteiger partial charge in [-0.3, -0.25) is 17.3 Å². The number of rotatable bonds is 9. The second-order valence-corrected chi connectivity index (χ2v) is 11.8. The number of aliphatic hydroxyl groups excluding tert-OH is 1. The van der Waals surface area contributed by atoms with Crippen molar-refractivity contribution in [3.05, 3.63) is 35.9 Å². The lowest BCUT2D eigenvalue weighted by molar-refractivity contribution is -0.239. The van der Waals surface area contributed by atoms with Crippen molar-refractivity contribution in [2.24, 2.45) is 0 Å². The van der Waals surface area contributed by atoms with Gasteiger partial charge in [0.25, 0.3) is 36.3 Å². The summed E-state index contributed by atoms with van der Waals surface area (Å²) in [5.41, 5.74) is 0.140. The van der Waals surface area contributed by atoms with Gasteiger partial charge in [-0.2, -0.15) is 25.3 Å². The Kier molecular flexibility index (Phi) is 8.38. The molecule has 0 bridgehead atoms. The van der Waals surface area contributed by atoms with Crippen LogP contribution >= 0.6 is 0 Å². The molecule has 0 aromatic heterocycles. The molecular weight excluding hydrogens is 494 g/mol. The minimum absolute atomic E-state index is 0.140. The molecule has 2 rings (SSSR count). The zero-order valence-electron chi connectivity index (χ0n) is 17.1. The molecule has 1 aliphatic rings. The smallest absolute Gasteiger partial charge is 0.264 e. The van der Waals surface area contributed by atoms with Crippen LogP contribution in [0.15, 0.2) is 30.3 Å². The third kappa shape index (κ3) is 8.36. The molecule has 0 spiro atoms. The lowest BCUT2D eigenvalue weighted by Gasteiger charge is -2.43. The van der Waals surface area contributed by atoms with Crippen molar-refractivity contribution in [2.75, 3.05) is 25.4 Å². The van der Waals surface area contributed by atoms with Crippen LogP contribution in [0.3, 0.4) is 0 Å². The number of amides is 1. The predicted molar refractivity (Wildman–Crippen MR) is 109 cm³/mol. The van der Waals surface area contributed by atoms with Crippen molar-refractivity contribution in [3.8, 4) is 0 Å². The first-order valence-corrected chi connectivity index (χ1v) is 14.3. The van der Waals surface area contributed by atoms with E-state index in [0.29, 0.717) is 18.8 Å². The number of hydrogen-bond acceptors (Lipinski definition) is 12. The highest BCUT2D eigenvalue weighted by Crippen LogP contribution is 2.28. The van der Waals surface area contributed by atoms with Gasteiger partial charge in [0.1, 0.15) is 24.4 Å². The summed E-state index contributed by atoms with van der Waals surface area (Å²) in [6.07, 6.45) is -5.17. The van der Waals surface area contributed by atoms with Crippen LogP contribution in [-0.4, -0.2) is 92.3 Å². The highest BCUT2D eigenvalue weighted by atomic mass is 32.2. The fourth-order valence-corrected chi connectivity index (χ4v) is 4.51. The normalized spacial score (nSPS) is 27.1. The molecule has 1 aromatic rings. The number of ether oxygens (including phenoxy) is 1. The maximum atomic E-state index is 12.6. The molecule has 32 heavy (non-hydrogen) atoms. The zero-order valence-corrected chi connectivity index (χ0v) is 19.6. The molecule has 13 nitrogen and oxygen atoms in total. The minimum atomic E-state index is -4.29. The molecule has 1 amide bonds. The fourth-order valence-electron chi connectivity index (χ4n) is 2.86. The molecule has 182 valence electrons. The topological polar surface area (TPSA) is 189 Å². The Morgan fingerprint density at radius 2 is 1.47 bits per heavy atom. The van der Waals surface area contributed by atoms with E-state index in [4.69, 9.17) is 13.1 Å². The Morgan fingerprint density at radius 3 is 1.97 bits per heavy atom. The van der Waals surface area contributed by atoms with Crippen LogP contribution in [0.25, 0.3) is 0 Å². The number of benzene rings is 1. The van der Waals surface area contributed by atoms with Crippen molar-refractivity contribution in [1.82, 2.24) is 5.32 Å². The molecule has 1 saturated heterocycles. The molecule has 0 saturated carbocycles. The number of carbonyl (C=O) groups is 1. The van der Waals surface area contributed by atoms with Gasteiger partial charge < -0.3 is 15.2 Å². The monoisotopic (exact) mass is 517 g/mol. The molecule has 2 N–H and O–H groups in total. The summed E-state index contributed by atoms with van der Waals surface area (Å²) in [4.78, 5) is 12.6. The van der Waals surface area contributed by atoms with E-state index in [9.17, 15) is 35.2 Å². The summed E-state index contributed by atoms with van der Waals surface area (Å²) in [6.45, 7) is -0.834. The van der Waals surface area contributed by atoms with E-state index in [1.807, 2.05) is 0 Å². The number of carbonyl (C=O) groups excluding carboxylic acids is 1. The highest BCUT2D eigenvalue weighted by molar-refractivity contribution is 7.86. The molecule has 16 heteroatoms. The largest absolute Gasteiger partial charge is 0.366 e. The van der Waals surface area contributed by atoms with Gasteiger partial charge >= 0.3 is 0 Å². The van der Waals surface area contributed by atoms with E-state index in [1.54, 1.807) is 18.2 Å². The van der Waals surface area contributed by atoms with Crippen molar-refractivity contribution in [3.63, 3.8) is 0 Å². The number of nitrogens with one attached hydrogen (secondary N) is 1. The molecule has 0 aliphatic carbocycles. The summed E-state index contributed by atoms with van der Waals surface area (Å²) in [6, 6.07) is 6.00. The van der Waals surface area contributed by atoms with Gasteiger partial charge in [-0.15, -0.1) is 0 Å². The fraction of sp³-hybridized carbons (Fsp3) is 0.562. The highest BCUT2D eigenvalue weighted by Gasteiger charge is 2.51. The van der Waals surface area contributed by atoms with Gasteiger partial charge in [0.15, 0.2) is 6.29 Å². The van der Waals surface area contributed by atoms with Gasteiger partial charge in [-0.05, 0) is 12.1 Å². The summed E-state index contributed by atoms with van der Waals surface area (Å²) >= 11 is 0. The minimum Gasteiger partial charge on any atom is -0.366 e. The van der Waals surface area contributed by atoms with E-state index in [0.717, 1.165) is 0 Å². The standard InChI is InChI=1S/C16H23NO12S3/c1-30(20,21)26-9-11-13(28-31(2,22)23)14(29-32(3,24)25)12(16(19)27-11)17-15(18)10-7-5-4-6-8-10/h4-8,11-14,16,19H,9H2,1-3H3,(H,17,18)/t11-,12+,13+,14+,16-/m0/s1. The first kappa shape index (κ1) is 26.6. The summed E-state index contributed by atoms with van der Waals surface area (Å²) in [5.74, 6) is -0.760. The SMILES string of the molecule is CS(=O)(=O)OC[C@@H]1O[C@H](O)[C@H](NC(=O)c2ccccc2)[C@@H](OS(C)(=O)=O)[C@@H]1OS(C)(=O)=O. The second kappa shape index (κ2) is 10.1. The van der Waals surface area contributed by atoms with Crippen molar-refractivity contribution in [2.45, 2.75) is 30.6 Å². The van der Waals surface area contributed by atoms with Crippen molar-refractivity contribution in [1.29, 1.82) is 0 Å². The Bertz CT molecular complexity index is 1120. The van der Waals surface area contributed by atoms with Crippen LogP contribution in [0, 0.1) is 0 Å². The molecule has 1 fully saturated rings. The van der Waals surface area contributed by atoms with E-state index in [2.05, 4.69) is 9.50 Å². The van der Waals surface area contributed by atoms with Crippen LogP contribution < -0.4 is 5.32 Å². The molecule has 1 heterocycles. The first-order chi connectivity index (χ1) is 14.6. The summed E-state index contributed by atoms with van der Waals surface area (Å²) in [5, 5.41) is 12.8. The molecule has 1 aromatic carbocycles. The van der Waals surface area contributed by atoms with Crippen LogP contribution in [0.2, 0.25) is 0 Å². The molecule has 0 radical (unpaired) electrons. The van der Waals surface area contributed by atoms with Gasteiger partial charge in [0.05, 0.1) is 25.4 Å². The average molecular weight is 518 g/mol. The summed E-state index contributed by atoms with van der Waals surface area (Å²) in [7, 11) is -12.6. The van der Waals surface area contributed by atoms with Crippen LogP contribution in [0.4, 0.5) is 0 Å². The van der Waals surface area contributed by atoms with Crippen LogP contribution in [0.5, 0.6) is 0 Å². The third-order valence-electron chi connectivity index (χ3n) is 4.02. The zero-order chi connectivity index (χ0) is 24.3. The van der Waals surface area contributed by atoms with Gasteiger partial charge in [0, 0.05) is 5.56 Å². The lowest BCUT2D eigenvalue weighted by Crippen LogP contribution is -2.66. The third-order valence-corrected chi connectivity index (χ3v) is 5.73. The maximum absolute atomic E-state index is 12.6. The Balaban J connectivity index is 2.44. The Labute approximate surface area is 186 Å². The first-order valence-electron chi connectivity index (χ1n) is 8.86. The van der Waals surface area contributed by atoms with E-state index < -0.39 is 73.5 Å². The molecular formula is C16H23NO12S3. The molecule has 5 atom stereocenters. The number of aliphatic hydroxyl groups is 1. The average Bonchev–Trinajstić information content (AvgIpc) is 2.63. The quantitative estimate of drug-likeness (QED) is 0.349. The Morgan fingerprint density at radius 1 is 0.938 bits per heavy atom. The van der Waals surface area contributed by atoms with Gasteiger partial charge in [0.2, 0.25) is 0 Å². The molecule has 0 unspecified atom stereocenters. The van der Waals surface area contributed by atoms with Crippen LogP contribution in [0.1, 0.15) is 10.4 Å². The Hall–Kier alpha value is -1.66. The van der Waals surface area contributed by atoms with E-state index in [-0.39, 0.29) is 5.56 Å². The van der Waals surface area contributed by atoms with Crippen molar-refractivity contribution < 1.29 is 52.4 Å². The molecule has 1 aliphatic heterocycles. The van der Waals surface area contributed by atoms with Gasteiger partial charge in [-0.25, -0.2) is 0 Å². The maximum Gasteiger partial charge on any atom is 0.264 e. The van der Waals surface area contributed by atoms with E-state index in [1.165, 1.54) is 12.1 Å². The van der Waals surface area contributed by atoms with Crippen molar-refractivity contribution >= 4 is 36.3 Å². The predicted octanol–water partition coefficient (Wildman–Crippen LogP) is -1.83. The van der Waals surface area contributed by atoms with Gasteiger partial charge in [-0.1, -0.05) is 18.2 Å². The second-order valence-electron chi connectivity index (χ2n) is 6.95.